The number of ketones is 1. The van der Waals surface area contributed by atoms with E-state index in [0.717, 1.165) is 22.8 Å². The standard InChI is InChI=1S/C17H13N5O7/c18-13-12(14(24)19-17(27)21(13)7-1-2-7)11(23)6-20-15(25)9-4-3-8(22(28)29)5-10(9)16(20)26/h3-5,7H,1-2,6,18H2,(H,19,24,27). The van der Waals surface area contributed by atoms with Gasteiger partial charge in [0.25, 0.3) is 23.1 Å². The first-order chi connectivity index (χ1) is 13.7. The van der Waals surface area contributed by atoms with Gasteiger partial charge in [-0.1, -0.05) is 0 Å². The predicted octanol–water partition coefficient (Wildman–Crippen LogP) is -0.159. The number of hydrogen-bond acceptors (Lipinski definition) is 8. The van der Waals surface area contributed by atoms with E-state index >= 15 is 0 Å². The third-order valence-corrected chi connectivity index (χ3v) is 4.84. The van der Waals surface area contributed by atoms with Crippen molar-refractivity contribution in [1.82, 2.24) is 14.5 Å². The molecule has 3 N–H and O–H groups in total. The Morgan fingerprint density at radius 2 is 1.83 bits per heavy atom. The number of imide groups is 1. The highest BCUT2D eigenvalue weighted by molar-refractivity contribution is 6.23. The second-order valence-electron chi connectivity index (χ2n) is 6.73. The van der Waals surface area contributed by atoms with E-state index in [1.807, 2.05) is 4.98 Å². The minimum atomic E-state index is -1.01. The van der Waals surface area contributed by atoms with Crippen LogP contribution in [0.1, 0.15) is 50.0 Å². The highest BCUT2D eigenvalue weighted by Gasteiger charge is 2.39. The maximum absolute atomic E-state index is 12.7. The minimum absolute atomic E-state index is 0.0850. The number of hydrogen-bond donors (Lipinski definition) is 2. The molecule has 148 valence electrons. The van der Waals surface area contributed by atoms with Gasteiger partial charge in [0, 0.05) is 18.2 Å². The van der Waals surface area contributed by atoms with Crippen molar-refractivity contribution < 1.29 is 19.3 Å². The molecule has 1 aliphatic carbocycles. The van der Waals surface area contributed by atoms with Crippen LogP contribution in [-0.2, 0) is 0 Å². The number of aromatic amines is 1. The van der Waals surface area contributed by atoms with Gasteiger partial charge in [0.05, 0.1) is 22.6 Å². The molecule has 0 spiro atoms. The van der Waals surface area contributed by atoms with E-state index in [4.69, 9.17) is 5.73 Å². The number of H-pyrrole nitrogens is 1. The molecular weight excluding hydrogens is 386 g/mol. The summed E-state index contributed by atoms with van der Waals surface area (Å²) < 4.78 is 1.11. The van der Waals surface area contributed by atoms with E-state index in [9.17, 15) is 34.1 Å². The predicted molar refractivity (Wildman–Crippen MR) is 96.8 cm³/mol. The molecule has 4 rings (SSSR count). The summed E-state index contributed by atoms with van der Waals surface area (Å²) in [6, 6.07) is 2.94. The van der Waals surface area contributed by atoms with E-state index in [1.54, 1.807) is 0 Å². The minimum Gasteiger partial charge on any atom is -0.384 e. The maximum atomic E-state index is 12.7. The molecule has 29 heavy (non-hydrogen) atoms. The van der Waals surface area contributed by atoms with Crippen LogP contribution in [0, 0.1) is 10.1 Å². The Labute approximate surface area is 160 Å². The largest absolute Gasteiger partial charge is 0.384 e. The van der Waals surface area contributed by atoms with E-state index in [2.05, 4.69) is 0 Å². The molecule has 1 fully saturated rings. The third kappa shape index (κ3) is 2.81. The van der Waals surface area contributed by atoms with Crippen LogP contribution in [0.2, 0.25) is 0 Å². The van der Waals surface area contributed by atoms with Crippen LogP contribution in [0.5, 0.6) is 0 Å². The molecule has 2 heterocycles. The Balaban J connectivity index is 1.68. The highest BCUT2D eigenvalue weighted by atomic mass is 16.6. The van der Waals surface area contributed by atoms with Crippen molar-refractivity contribution in [2.45, 2.75) is 18.9 Å². The number of fused-ring (bicyclic) bond motifs is 1. The van der Waals surface area contributed by atoms with Crippen LogP contribution in [-0.4, -0.2) is 43.5 Å². The van der Waals surface area contributed by atoms with Gasteiger partial charge in [-0.15, -0.1) is 0 Å². The molecule has 2 amide bonds. The van der Waals surface area contributed by atoms with Gasteiger partial charge in [-0.3, -0.25) is 43.7 Å². The van der Waals surface area contributed by atoms with Gasteiger partial charge in [0.1, 0.15) is 11.4 Å². The Morgan fingerprint density at radius 1 is 1.17 bits per heavy atom. The van der Waals surface area contributed by atoms with Gasteiger partial charge in [-0.2, -0.15) is 0 Å². The molecule has 0 unspecified atom stereocenters. The first-order valence-electron chi connectivity index (χ1n) is 8.52. The van der Waals surface area contributed by atoms with E-state index in [0.29, 0.717) is 17.7 Å². The zero-order chi connectivity index (χ0) is 21.0. The Bertz CT molecular complexity index is 1240. The second kappa shape index (κ2) is 6.22. The van der Waals surface area contributed by atoms with Crippen LogP contribution in [0.15, 0.2) is 27.8 Å². The van der Waals surface area contributed by atoms with Crippen LogP contribution in [0.4, 0.5) is 11.5 Å². The van der Waals surface area contributed by atoms with E-state index in [1.165, 1.54) is 0 Å². The number of nitrogens with two attached hydrogens (primary N) is 1. The average Bonchev–Trinajstić information content (AvgIpc) is 3.45. The lowest BCUT2D eigenvalue weighted by molar-refractivity contribution is -0.384. The van der Waals surface area contributed by atoms with Crippen molar-refractivity contribution in [2.24, 2.45) is 0 Å². The van der Waals surface area contributed by atoms with Gasteiger partial charge in [0.15, 0.2) is 5.78 Å². The molecule has 2 aliphatic rings. The van der Waals surface area contributed by atoms with Gasteiger partial charge in [0.2, 0.25) is 0 Å². The van der Waals surface area contributed by atoms with Crippen LogP contribution in [0.3, 0.4) is 0 Å². The Kier molecular flexibility index (Phi) is 3.92. The van der Waals surface area contributed by atoms with Gasteiger partial charge < -0.3 is 5.73 Å². The fraction of sp³-hybridized carbons (Fsp3) is 0.235. The summed E-state index contributed by atoms with van der Waals surface area (Å²) >= 11 is 0. The number of nitro groups is 1. The molecule has 1 aliphatic heterocycles. The second-order valence-corrected chi connectivity index (χ2v) is 6.73. The van der Waals surface area contributed by atoms with Gasteiger partial charge in [-0.25, -0.2) is 4.79 Å². The molecule has 1 saturated carbocycles. The first kappa shape index (κ1) is 18.3. The fourth-order valence-electron chi connectivity index (χ4n) is 3.29. The number of carbonyl (C=O) groups excluding carboxylic acids is 3. The average molecular weight is 399 g/mol. The zero-order valence-corrected chi connectivity index (χ0v) is 14.7. The lowest BCUT2D eigenvalue weighted by atomic mass is 10.1. The zero-order valence-electron chi connectivity index (χ0n) is 14.7. The number of non-ortho nitro benzene ring substituents is 1. The molecule has 1 aromatic carbocycles. The maximum Gasteiger partial charge on any atom is 0.330 e. The number of benzene rings is 1. The molecule has 0 saturated heterocycles. The number of rotatable bonds is 5. The molecular formula is C17H13N5O7. The third-order valence-electron chi connectivity index (χ3n) is 4.84. The van der Waals surface area contributed by atoms with Gasteiger partial charge in [-0.05, 0) is 18.9 Å². The molecule has 0 bridgehead atoms. The van der Waals surface area contributed by atoms with Crippen molar-refractivity contribution in [3.05, 3.63) is 65.8 Å². The summed E-state index contributed by atoms with van der Waals surface area (Å²) in [4.78, 5) is 74.6. The normalized spacial score (nSPS) is 15.5. The Morgan fingerprint density at radius 3 is 2.45 bits per heavy atom. The number of Topliss-reactive ketones (excluding diaryl/α,β-unsaturated/α-hetero) is 1. The smallest absolute Gasteiger partial charge is 0.330 e. The molecule has 0 radical (unpaired) electrons. The number of anilines is 1. The number of nitrogens with one attached hydrogen (secondary N) is 1. The highest BCUT2D eigenvalue weighted by Crippen LogP contribution is 2.35. The lowest BCUT2D eigenvalue weighted by Gasteiger charge is -2.15. The van der Waals surface area contributed by atoms with E-state index in [-0.39, 0.29) is 28.7 Å². The lowest BCUT2D eigenvalue weighted by Crippen LogP contribution is -2.40. The first-order valence-corrected chi connectivity index (χ1v) is 8.52. The number of aromatic nitrogens is 2. The Hall–Kier alpha value is -4.09. The van der Waals surface area contributed by atoms with Crippen LogP contribution in [0.25, 0.3) is 0 Å². The molecule has 1 aromatic heterocycles. The molecule has 12 heteroatoms. The quantitative estimate of drug-likeness (QED) is 0.301. The van der Waals surface area contributed by atoms with Crippen molar-refractivity contribution in [3.63, 3.8) is 0 Å². The van der Waals surface area contributed by atoms with Crippen molar-refractivity contribution in [3.8, 4) is 0 Å². The number of amides is 2. The summed E-state index contributed by atoms with van der Waals surface area (Å²) in [5.41, 5.74) is 2.93. The van der Waals surface area contributed by atoms with Crippen molar-refractivity contribution >= 4 is 29.1 Å². The number of nitro benzene ring substituents is 1. The summed E-state index contributed by atoms with van der Waals surface area (Å²) in [7, 11) is 0. The van der Waals surface area contributed by atoms with Crippen LogP contribution < -0.4 is 17.0 Å². The SMILES string of the molecule is Nc1c(C(=O)CN2C(=O)c3ccc([N+](=O)[O-])cc3C2=O)c(=O)[nH]c(=O)n1C1CC1. The summed E-state index contributed by atoms with van der Waals surface area (Å²) in [5, 5.41) is 10.9. The fourth-order valence-corrected chi connectivity index (χ4v) is 3.29. The van der Waals surface area contributed by atoms with E-state index < -0.39 is 45.9 Å². The number of carbonyl (C=O) groups is 3. The summed E-state index contributed by atoms with van der Waals surface area (Å²) in [6.45, 7) is -0.795. The summed E-state index contributed by atoms with van der Waals surface area (Å²) in [5.74, 6) is -2.97. The van der Waals surface area contributed by atoms with Crippen molar-refractivity contribution in [2.75, 3.05) is 12.3 Å². The molecule has 0 atom stereocenters. The van der Waals surface area contributed by atoms with Crippen molar-refractivity contribution in [1.29, 1.82) is 0 Å². The molecule has 12 nitrogen and oxygen atoms in total. The van der Waals surface area contributed by atoms with Crippen LogP contribution >= 0.6 is 0 Å². The number of nitrogens with zero attached hydrogens (tertiary/aromatic N) is 3. The topological polar surface area (TPSA) is 178 Å². The van der Waals surface area contributed by atoms with Gasteiger partial charge >= 0.3 is 5.69 Å². The summed E-state index contributed by atoms with van der Waals surface area (Å²) in [6.07, 6.45) is 1.34. The monoisotopic (exact) mass is 399 g/mol. The molecule has 2 aromatic rings. The number of nitrogen functional groups attached to an aromatic ring is 1.